The first-order chi connectivity index (χ1) is 5.20. The molecule has 0 aliphatic heterocycles. The van der Waals surface area contributed by atoms with Crippen LogP contribution < -0.4 is 0 Å². The van der Waals surface area contributed by atoms with Crippen LogP contribution in [0.4, 0.5) is 0 Å². The Labute approximate surface area is 70.6 Å². The van der Waals surface area contributed by atoms with E-state index in [9.17, 15) is 0 Å². The van der Waals surface area contributed by atoms with Gasteiger partial charge in [-0.15, -0.1) is 11.8 Å². The molecule has 0 aromatic carbocycles. The molecule has 0 bridgehead atoms. The molecule has 1 atom stereocenters. The minimum atomic E-state index is -0.255. The summed E-state index contributed by atoms with van der Waals surface area (Å²) in [4.78, 5) is 1.12. The summed E-state index contributed by atoms with van der Waals surface area (Å²) in [5.41, 5.74) is 0. The van der Waals surface area contributed by atoms with Crippen molar-refractivity contribution in [3.63, 3.8) is 0 Å². The Morgan fingerprint density at radius 3 is 2.91 bits per heavy atom. The Balaban J connectivity index is 2.44. The summed E-state index contributed by atoms with van der Waals surface area (Å²) in [6.45, 7) is 3.70. The van der Waals surface area contributed by atoms with Gasteiger partial charge in [0.15, 0.2) is 0 Å². The van der Waals surface area contributed by atoms with Crippen LogP contribution in [-0.2, 0) is 0 Å². The molecule has 1 aromatic heterocycles. The number of aryl methyl sites for hydroxylation is 1. The zero-order valence-electron chi connectivity index (χ0n) is 6.70. The summed E-state index contributed by atoms with van der Waals surface area (Å²) in [6, 6.07) is 1.92. The summed E-state index contributed by atoms with van der Waals surface area (Å²) >= 11 is 1.62. The van der Waals surface area contributed by atoms with Gasteiger partial charge in [0.1, 0.15) is 5.76 Å². The number of hydrogen-bond donors (Lipinski definition) is 1. The maximum Gasteiger partial charge on any atom is 0.114 e. The molecule has 1 heterocycles. The molecule has 0 spiro atoms. The second-order valence-corrected chi connectivity index (χ2v) is 3.56. The van der Waals surface area contributed by atoms with Gasteiger partial charge in [-0.25, -0.2) is 0 Å². The quantitative estimate of drug-likeness (QED) is 0.708. The Bertz CT molecular complexity index is 218. The molecule has 3 heteroatoms. The highest BCUT2D eigenvalue weighted by molar-refractivity contribution is 7.99. The monoisotopic (exact) mass is 172 g/mol. The van der Waals surface area contributed by atoms with Crippen LogP contribution in [0.5, 0.6) is 0 Å². The Morgan fingerprint density at radius 1 is 1.73 bits per heavy atom. The molecule has 1 aromatic rings. The van der Waals surface area contributed by atoms with E-state index in [1.54, 1.807) is 24.9 Å². The van der Waals surface area contributed by atoms with Crippen molar-refractivity contribution in [2.45, 2.75) is 24.8 Å². The standard InChI is InChI=1S/C8H12O2S/c1-6(9)5-11-8-3-4-10-7(8)2/h3-4,6,9H,5H2,1-2H3/t6-/m1/s1. The van der Waals surface area contributed by atoms with Gasteiger partial charge in [-0.1, -0.05) is 0 Å². The summed E-state index contributed by atoms with van der Waals surface area (Å²) < 4.78 is 5.09. The van der Waals surface area contributed by atoms with Crippen molar-refractivity contribution in [3.8, 4) is 0 Å². The minimum absolute atomic E-state index is 0.255. The maximum absolute atomic E-state index is 8.99. The SMILES string of the molecule is Cc1occc1SC[C@@H](C)O. The van der Waals surface area contributed by atoms with E-state index in [2.05, 4.69) is 0 Å². The van der Waals surface area contributed by atoms with Crippen LogP contribution in [0.25, 0.3) is 0 Å². The molecule has 11 heavy (non-hydrogen) atoms. The molecule has 0 saturated carbocycles. The number of aliphatic hydroxyl groups excluding tert-OH is 1. The molecule has 0 amide bonds. The van der Waals surface area contributed by atoms with Crippen molar-refractivity contribution in [3.05, 3.63) is 18.1 Å². The van der Waals surface area contributed by atoms with Gasteiger partial charge in [0, 0.05) is 10.6 Å². The highest BCUT2D eigenvalue weighted by Crippen LogP contribution is 2.23. The molecule has 62 valence electrons. The first kappa shape index (κ1) is 8.68. The molecule has 0 radical (unpaired) electrons. The zero-order valence-corrected chi connectivity index (χ0v) is 7.52. The molecule has 1 N–H and O–H groups in total. The third kappa shape index (κ3) is 2.60. The predicted molar refractivity (Wildman–Crippen MR) is 45.8 cm³/mol. The van der Waals surface area contributed by atoms with E-state index in [0.717, 1.165) is 16.4 Å². The van der Waals surface area contributed by atoms with Crippen molar-refractivity contribution in [2.24, 2.45) is 0 Å². The smallest absolute Gasteiger partial charge is 0.114 e. The van der Waals surface area contributed by atoms with Crippen LogP contribution in [0, 0.1) is 6.92 Å². The van der Waals surface area contributed by atoms with E-state index in [-0.39, 0.29) is 6.10 Å². The van der Waals surface area contributed by atoms with Crippen LogP contribution in [0.2, 0.25) is 0 Å². The van der Waals surface area contributed by atoms with E-state index in [4.69, 9.17) is 9.52 Å². The van der Waals surface area contributed by atoms with Crippen LogP contribution >= 0.6 is 11.8 Å². The molecule has 0 aliphatic rings. The van der Waals surface area contributed by atoms with Crippen LogP contribution in [-0.4, -0.2) is 17.0 Å². The molecule has 0 saturated heterocycles. The van der Waals surface area contributed by atoms with Gasteiger partial charge < -0.3 is 9.52 Å². The van der Waals surface area contributed by atoms with E-state index >= 15 is 0 Å². The first-order valence-electron chi connectivity index (χ1n) is 3.55. The third-order valence-electron chi connectivity index (χ3n) is 1.29. The van der Waals surface area contributed by atoms with Crippen LogP contribution in [0.1, 0.15) is 12.7 Å². The Hall–Kier alpha value is -0.410. The Kier molecular flexibility index (Phi) is 3.02. The number of aliphatic hydroxyl groups is 1. The summed E-state index contributed by atoms with van der Waals surface area (Å²) in [5, 5.41) is 8.99. The average molecular weight is 172 g/mol. The summed E-state index contributed by atoms with van der Waals surface area (Å²) in [5.74, 6) is 1.65. The molecular weight excluding hydrogens is 160 g/mol. The molecular formula is C8H12O2S. The van der Waals surface area contributed by atoms with Gasteiger partial charge in [0.2, 0.25) is 0 Å². The van der Waals surface area contributed by atoms with Crippen LogP contribution in [0.3, 0.4) is 0 Å². The lowest BCUT2D eigenvalue weighted by molar-refractivity contribution is 0.220. The fourth-order valence-corrected chi connectivity index (χ4v) is 1.56. The zero-order chi connectivity index (χ0) is 8.27. The van der Waals surface area contributed by atoms with Gasteiger partial charge in [-0.2, -0.15) is 0 Å². The highest BCUT2D eigenvalue weighted by Gasteiger charge is 2.02. The van der Waals surface area contributed by atoms with Gasteiger partial charge in [-0.3, -0.25) is 0 Å². The molecule has 1 rings (SSSR count). The summed E-state index contributed by atoms with van der Waals surface area (Å²) in [7, 11) is 0. The fraction of sp³-hybridized carbons (Fsp3) is 0.500. The number of hydrogen-bond acceptors (Lipinski definition) is 3. The van der Waals surface area contributed by atoms with Gasteiger partial charge >= 0.3 is 0 Å². The number of furan rings is 1. The van der Waals surface area contributed by atoms with Crippen molar-refractivity contribution in [2.75, 3.05) is 5.75 Å². The van der Waals surface area contributed by atoms with E-state index in [0.29, 0.717) is 0 Å². The molecule has 0 aliphatic carbocycles. The molecule has 2 nitrogen and oxygen atoms in total. The normalized spacial score (nSPS) is 13.4. The van der Waals surface area contributed by atoms with Gasteiger partial charge in [-0.05, 0) is 19.9 Å². The third-order valence-corrected chi connectivity index (χ3v) is 2.67. The lowest BCUT2D eigenvalue weighted by atomic mass is 10.5. The number of rotatable bonds is 3. The van der Waals surface area contributed by atoms with E-state index < -0.39 is 0 Å². The highest BCUT2D eigenvalue weighted by atomic mass is 32.2. The van der Waals surface area contributed by atoms with Crippen molar-refractivity contribution < 1.29 is 9.52 Å². The lowest BCUT2D eigenvalue weighted by Gasteiger charge is -2.01. The van der Waals surface area contributed by atoms with E-state index in [1.165, 1.54) is 0 Å². The van der Waals surface area contributed by atoms with Gasteiger partial charge in [0.25, 0.3) is 0 Å². The van der Waals surface area contributed by atoms with E-state index in [1.807, 2.05) is 13.0 Å². The largest absolute Gasteiger partial charge is 0.468 e. The fourth-order valence-electron chi connectivity index (χ4n) is 0.733. The van der Waals surface area contributed by atoms with Crippen molar-refractivity contribution in [1.82, 2.24) is 0 Å². The first-order valence-corrected chi connectivity index (χ1v) is 4.53. The Morgan fingerprint density at radius 2 is 2.45 bits per heavy atom. The molecule has 0 fully saturated rings. The minimum Gasteiger partial charge on any atom is -0.468 e. The van der Waals surface area contributed by atoms with Crippen molar-refractivity contribution >= 4 is 11.8 Å². The molecule has 0 unspecified atom stereocenters. The topological polar surface area (TPSA) is 33.4 Å². The average Bonchev–Trinajstić information content (AvgIpc) is 2.31. The second kappa shape index (κ2) is 3.83. The number of thioether (sulfide) groups is 1. The summed E-state index contributed by atoms with van der Waals surface area (Å²) in [6.07, 6.45) is 1.41. The van der Waals surface area contributed by atoms with Crippen molar-refractivity contribution in [1.29, 1.82) is 0 Å². The predicted octanol–water partition coefficient (Wildman–Crippen LogP) is 2.06. The van der Waals surface area contributed by atoms with Crippen LogP contribution in [0.15, 0.2) is 21.6 Å². The maximum atomic E-state index is 8.99. The lowest BCUT2D eigenvalue weighted by Crippen LogP contribution is -2.02. The van der Waals surface area contributed by atoms with Gasteiger partial charge in [0.05, 0.1) is 12.4 Å². The second-order valence-electron chi connectivity index (χ2n) is 2.50.